The van der Waals surface area contributed by atoms with Gasteiger partial charge in [-0.05, 0) is 25.3 Å². The molecule has 0 aromatic heterocycles. The molecule has 7 nitrogen and oxygen atoms in total. The molecule has 1 aliphatic heterocycles. The third-order valence-corrected chi connectivity index (χ3v) is 4.38. The van der Waals surface area contributed by atoms with Gasteiger partial charge in [0.1, 0.15) is 0 Å². The van der Waals surface area contributed by atoms with Crippen molar-refractivity contribution in [1.29, 1.82) is 0 Å². The van der Waals surface area contributed by atoms with Crippen molar-refractivity contribution in [2.45, 2.75) is 39.3 Å². The third-order valence-electron chi connectivity index (χ3n) is 4.38. The van der Waals surface area contributed by atoms with Crippen LogP contribution >= 0.6 is 0 Å². The Morgan fingerprint density at radius 3 is 2.42 bits per heavy atom. The lowest BCUT2D eigenvalue weighted by atomic mass is 10.1. The van der Waals surface area contributed by atoms with Crippen LogP contribution in [0.1, 0.15) is 32.3 Å². The zero-order valence-corrected chi connectivity index (χ0v) is 15.4. The number of hydrogen-bond donors (Lipinski definition) is 1. The van der Waals surface area contributed by atoms with Gasteiger partial charge in [-0.25, -0.2) is 4.79 Å². The standard InChI is InChI=1S/C19H27N3O4/c1-3-26-19(25)21-11-9-17(10-12-21)20-18(24)14-22(15(2)23)13-16-7-5-4-6-8-16/h4-8,17H,3,9-14H2,1-2H3,(H,20,24). The number of rotatable bonds is 6. The van der Waals surface area contributed by atoms with Crippen LogP contribution < -0.4 is 5.32 Å². The maximum atomic E-state index is 12.3. The number of nitrogens with one attached hydrogen (secondary N) is 1. The average molecular weight is 361 g/mol. The number of ether oxygens (including phenoxy) is 1. The highest BCUT2D eigenvalue weighted by Gasteiger charge is 2.25. The summed E-state index contributed by atoms with van der Waals surface area (Å²) in [5.74, 6) is -0.313. The normalized spacial score (nSPS) is 14.6. The smallest absolute Gasteiger partial charge is 0.409 e. The van der Waals surface area contributed by atoms with Crippen LogP contribution in [0.15, 0.2) is 30.3 Å². The molecule has 0 unspecified atom stereocenters. The molecule has 0 aliphatic carbocycles. The molecule has 1 aliphatic rings. The van der Waals surface area contributed by atoms with Gasteiger partial charge in [-0.3, -0.25) is 9.59 Å². The first kappa shape index (κ1) is 19.8. The molecule has 1 fully saturated rings. The number of benzene rings is 1. The lowest BCUT2D eigenvalue weighted by Gasteiger charge is -2.32. The molecule has 142 valence electrons. The average Bonchev–Trinajstić information content (AvgIpc) is 2.62. The van der Waals surface area contributed by atoms with E-state index < -0.39 is 0 Å². The van der Waals surface area contributed by atoms with E-state index >= 15 is 0 Å². The van der Waals surface area contributed by atoms with Crippen molar-refractivity contribution in [3.05, 3.63) is 35.9 Å². The topological polar surface area (TPSA) is 79.0 Å². The molecule has 1 saturated heterocycles. The Kier molecular flexibility index (Phi) is 7.44. The van der Waals surface area contributed by atoms with Crippen molar-refractivity contribution in [3.63, 3.8) is 0 Å². The fourth-order valence-electron chi connectivity index (χ4n) is 2.95. The zero-order valence-electron chi connectivity index (χ0n) is 15.4. The van der Waals surface area contributed by atoms with Crippen LogP contribution in [0.5, 0.6) is 0 Å². The Labute approximate surface area is 154 Å². The van der Waals surface area contributed by atoms with Crippen LogP contribution in [0, 0.1) is 0 Å². The summed E-state index contributed by atoms with van der Waals surface area (Å²) in [7, 11) is 0. The van der Waals surface area contributed by atoms with Gasteiger partial charge in [0.15, 0.2) is 0 Å². The molecule has 3 amide bonds. The van der Waals surface area contributed by atoms with E-state index in [1.54, 1.807) is 11.8 Å². The van der Waals surface area contributed by atoms with Crippen LogP contribution in [-0.2, 0) is 20.9 Å². The maximum Gasteiger partial charge on any atom is 0.409 e. The molecule has 2 rings (SSSR count). The molecule has 1 aromatic rings. The van der Waals surface area contributed by atoms with Gasteiger partial charge < -0.3 is 19.9 Å². The van der Waals surface area contributed by atoms with Gasteiger partial charge in [0.25, 0.3) is 0 Å². The van der Waals surface area contributed by atoms with Crippen molar-refractivity contribution in [2.24, 2.45) is 0 Å². The quantitative estimate of drug-likeness (QED) is 0.838. The first-order valence-corrected chi connectivity index (χ1v) is 9.00. The molecular weight excluding hydrogens is 334 g/mol. The zero-order chi connectivity index (χ0) is 18.9. The van der Waals surface area contributed by atoms with Crippen LogP contribution in [-0.4, -0.2) is 60.0 Å². The predicted octanol–water partition coefficient (Wildman–Crippen LogP) is 1.77. The molecule has 7 heteroatoms. The SMILES string of the molecule is CCOC(=O)N1CCC(NC(=O)CN(Cc2ccccc2)C(C)=O)CC1. The van der Waals surface area contributed by atoms with E-state index in [2.05, 4.69) is 5.32 Å². The number of nitrogens with zero attached hydrogens (tertiary/aromatic N) is 2. The summed E-state index contributed by atoms with van der Waals surface area (Å²) in [6, 6.07) is 9.60. The summed E-state index contributed by atoms with van der Waals surface area (Å²) in [6.07, 6.45) is 1.06. The molecule has 0 spiro atoms. The molecule has 1 heterocycles. The monoisotopic (exact) mass is 361 g/mol. The maximum absolute atomic E-state index is 12.3. The van der Waals surface area contributed by atoms with Gasteiger partial charge in [0.2, 0.25) is 11.8 Å². The number of piperidine rings is 1. The second-order valence-corrected chi connectivity index (χ2v) is 6.39. The Balaban J connectivity index is 1.80. The molecule has 0 bridgehead atoms. The van der Waals surface area contributed by atoms with Crippen molar-refractivity contribution in [3.8, 4) is 0 Å². The summed E-state index contributed by atoms with van der Waals surface area (Å²) in [5, 5.41) is 2.97. The van der Waals surface area contributed by atoms with Gasteiger partial charge in [-0.15, -0.1) is 0 Å². The van der Waals surface area contributed by atoms with Gasteiger partial charge >= 0.3 is 6.09 Å². The summed E-state index contributed by atoms with van der Waals surface area (Å²) >= 11 is 0. The first-order valence-electron chi connectivity index (χ1n) is 9.00. The van der Waals surface area contributed by atoms with Gasteiger partial charge in [0.05, 0.1) is 13.2 Å². The van der Waals surface area contributed by atoms with Gasteiger partial charge in [-0.2, -0.15) is 0 Å². The third kappa shape index (κ3) is 6.06. The van der Waals surface area contributed by atoms with Crippen molar-refractivity contribution in [2.75, 3.05) is 26.2 Å². The predicted molar refractivity (Wildman–Crippen MR) is 97.3 cm³/mol. The Bertz CT molecular complexity index is 612. The van der Waals surface area contributed by atoms with Crippen LogP contribution in [0.3, 0.4) is 0 Å². The van der Waals surface area contributed by atoms with Gasteiger partial charge in [0, 0.05) is 32.6 Å². The molecule has 0 radical (unpaired) electrons. The first-order chi connectivity index (χ1) is 12.5. The Morgan fingerprint density at radius 2 is 1.85 bits per heavy atom. The fraction of sp³-hybridized carbons (Fsp3) is 0.526. The van der Waals surface area contributed by atoms with E-state index in [1.165, 1.54) is 11.8 Å². The Hall–Kier alpha value is -2.57. The number of likely N-dealkylation sites (tertiary alicyclic amines) is 1. The fourth-order valence-corrected chi connectivity index (χ4v) is 2.95. The van der Waals surface area contributed by atoms with Crippen LogP contribution in [0.25, 0.3) is 0 Å². The molecule has 0 atom stereocenters. The van der Waals surface area contributed by atoms with E-state index in [0.29, 0.717) is 39.1 Å². The molecule has 1 N–H and O–H groups in total. The lowest BCUT2D eigenvalue weighted by molar-refractivity contribution is -0.135. The molecule has 0 saturated carbocycles. The van der Waals surface area contributed by atoms with E-state index in [1.807, 2.05) is 30.3 Å². The molecule has 1 aromatic carbocycles. The summed E-state index contributed by atoms with van der Waals surface area (Å²) < 4.78 is 4.99. The lowest BCUT2D eigenvalue weighted by Crippen LogP contribution is -2.49. The van der Waals surface area contributed by atoms with E-state index in [4.69, 9.17) is 4.74 Å². The number of carbonyl (C=O) groups excluding carboxylic acids is 3. The molecule has 26 heavy (non-hydrogen) atoms. The molecular formula is C19H27N3O4. The Morgan fingerprint density at radius 1 is 1.19 bits per heavy atom. The second-order valence-electron chi connectivity index (χ2n) is 6.39. The van der Waals surface area contributed by atoms with Crippen molar-refractivity contribution >= 4 is 17.9 Å². The highest BCUT2D eigenvalue weighted by molar-refractivity contribution is 5.84. The van der Waals surface area contributed by atoms with Crippen LogP contribution in [0.4, 0.5) is 4.79 Å². The number of amides is 3. The summed E-state index contributed by atoms with van der Waals surface area (Å²) in [6.45, 7) is 5.16. The second kappa shape index (κ2) is 9.79. The van der Waals surface area contributed by atoms with E-state index in [0.717, 1.165) is 5.56 Å². The number of carbonyl (C=O) groups is 3. The van der Waals surface area contributed by atoms with E-state index in [-0.39, 0.29) is 30.5 Å². The van der Waals surface area contributed by atoms with Gasteiger partial charge in [-0.1, -0.05) is 30.3 Å². The minimum absolute atomic E-state index is 0.0127. The largest absolute Gasteiger partial charge is 0.450 e. The highest BCUT2D eigenvalue weighted by Crippen LogP contribution is 2.12. The highest BCUT2D eigenvalue weighted by atomic mass is 16.6. The van der Waals surface area contributed by atoms with Crippen LogP contribution in [0.2, 0.25) is 0 Å². The number of hydrogen-bond acceptors (Lipinski definition) is 4. The minimum Gasteiger partial charge on any atom is -0.450 e. The summed E-state index contributed by atoms with van der Waals surface area (Å²) in [4.78, 5) is 39.0. The minimum atomic E-state index is -0.303. The van der Waals surface area contributed by atoms with Crippen molar-refractivity contribution in [1.82, 2.24) is 15.1 Å². The van der Waals surface area contributed by atoms with E-state index in [9.17, 15) is 14.4 Å². The van der Waals surface area contributed by atoms with Crippen molar-refractivity contribution < 1.29 is 19.1 Å². The summed E-state index contributed by atoms with van der Waals surface area (Å²) in [5.41, 5.74) is 0.984.